The first-order valence-electron chi connectivity index (χ1n) is 5.73. The monoisotopic (exact) mass is 222 g/mol. The molecule has 5 heteroatoms. The Labute approximate surface area is 95.3 Å². The lowest BCUT2D eigenvalue weighted by atomic mass is 9.95. The van der Waals surface area contributed by atoms with Crippen molar-refractivity contribution in [3.8, 4) is 0 Å². The topological polar surface area (TPSA) is 75.3 Å². The molecule has 1 aromatic heterocycles. The molecule has 0 saturated carbocycles. The SMILES string of the molecule is Nc1cnc(N2CCCC(CCO)C2)nc1. The number of piperidine rings is 1. The third kappa shape index (κ3) is 2.61. The molecule has 1 aliphatic rings. The molecule has 1 unspecified atom stereocenters. The first-order valence-corrected chi connectivity index (χ1v) is 5.73. The zero-order valence-electron chi connectivity index (χ0n) is 9.34. The second-order valence-electron chi connectivity index (χ2n) is 4.28. The van der Waals surface area contributed by atoms with Gasteiger partial charge in [-0.3, -0.25) is 0 Å². The van der Waals surface area contributed by atoms with Crippen LogP contribution in [0.5, 0.6) is 0 Å². The Balaban J connectivity index is 2.01. The van der Waals surface area contributed by atoms with E-state index in [0.717, 1.165) is 31.9 Å². The average molecular weight is 222 g/mol. The highest BCUT2D eigenvalue weighted by Crippen LogP contribution is 2.22. The van der Waals surface area contributed by atoms with Gasteiger partial charge in [-0.2, -0.15) is 0 Å². The first-order chi connectivity index (χ1) is 7.79. The Kier molecular flexibility index (Phi) is 3.56. The van der Waals surface area contributed by atoms with Gasteiger partial charge >= 0.3 is 0 Å². The van der Waals surface area contributed by atoms with Gasteiger partial charge in [0.15, 0.2) is 0 Å². The fraction of sp³-hybridized carbons (Fsp3) is 0.636. The highest BCUT2D eigenvalue weighted by atomic mass is 16.3. The third-order valence-corrected chi connectivity index (χ3v) is 3.00. The Hall–Kier alpha value is -1.36. The van der Waals surface area contributed by atoms with Crippen molar-refractivity contribution in [2.45, 2.75) is 19.3 Å². The summed E-state index contributed by atoms with van der Waals surface area (Å²) in [4.78, 5) is 10.6. The molecule has 3 N–H and O–H groups in total. The van der Waals surface area contributed by atoms with E-state index in [0.29, 0.717) is 11.6 Å². The number of nitrogens with two attached hydrogens (primary N) is 1. The van der Waals surface area contributed by atoms with E-state index in [1.165, 1.54) is 6.42 Å². The minimum Gasteiger partial charge on any atom is -0.396 e. The number of hydrogen-bond donors (Lipinski definition) is 2. The highest BCUT2D eigenvalue weighted by molar-refractivity contribution is 5.38. The fourth-order valence-electron chi connectivity index (χ4n) is 2.16. The second-order valence-corrected chi connectivity index (χ2v) is 4.28. The smallest absolute Gasteiger partial charge is 0.225 e. The second kappa shape index (κ2) is 5.12. The molecule has 1 aromatic rings. The Bertz CT molecular complexity index is 325. The van der Waals surface area contributed by atoms with Crippen molar-refractivity contribution >= 4 is 11.6 Å². The molecule has 1 saturated heterocycles. The minimum absolute atomic E-state index is 0.265. The van der Waals surface area contributed by atoms with Crippen LogP contribution < -0.4 is 10.6 Å². The summed E-state index contributed by atoms with van der Waals surface area (Å²) in [5.74, 6) is 1.30. The van der Waals surface area contributed by atoms with E-state index in [9.17, 15) is 0 Å². The Morgan fingerprint density at radius 3 is 2.88 bits per heavy atom. The van der Waals surface area contributed by atoms with Crippen molar-refractivity contribution in [1.82, 2.24) is 9.97 Å². The molecule has 2 heterocycles. The lowest BCUT2D eigenvalue weighted by molar-refractivity contribution is 0.244. The molecule has 1 aliphatic heterocycles. The summed E-state index contributed by atoms with van der Waals surface area (Å²) < 4.78 is 0. The van der Waals surface area contributed by atoms with E-state index >= 15 is 0 Å². The van der Waals surface area contributed by atoms with Gasteiger partial charge in [-0.25, -0.2) is 9.97 Å². The van der Waals surface area contributed by atoms with Gasteiger partial charge in [0.1, 0.15) is 0 Å². The maximum atomic E-state index is 8.95. The molecule has 5 nitrogen and oxygen atoms in total. The number of rotatable bonds is 3. The van der Waals surface area contributed by atoms with Gasteiger partial charge in [0.25, 0.3) is 0 Å². The molecular formula is C11H18N4O. The summed E-state index contributed by atoms with van der Waals surface area (Å²) in [5, 5.41) is 8.95. The molecule has 0 spiro atoms. The number of hydrogen-bond acceptors (Lipinski definition) is 5. The van der Waals surface area contributed by atoms with Crippen molar-refractivity contribution in [1.29, 1.82) is 0 Å². The average Bonchev–Trinajstić information content (AvgIpc) is 2.31. The zero-order chi connectivity index (χ0) is 11.4. The van der Waals surface area contributed by atoms with E-state index in [1.54, 1.807) is 12.4 Å². The third-order valence-electron chi connectivity index (χ3n) is 3.00. The number of nitrogen functional groups attached to an aromatic ring is 1. The zero-order valence-corrected chi connectivity index (χ0v) is 9.34. The summed E-state index contributed by atoms with van der Waals surface area (Å²) >= 11 is 0. The van der Waals surface area contributed by atoms with Crippen LogP contribution in [0.15, 0.2) is 12.4 Å². The maximum Gasteiger partial charge on any atom is 0.225 e. The van der Waals surface area contributed by atoms with Crippen LogP contribution in [0.2, 0.25) is 0 Å². The van der Waals surface area contributed by atoms with Crippen LogP contribution in [0.25, 0.3) is 0 Å². The molecule has 0 radical (unpaired) electrons. The number of nitrogens with zero attached hydrogens (tertiary/aromatic N) is 3. The van der Waals surface area contributed by atoms with Crippen LogP contribution in [-0.2, 0) is 0 Å². The summed E-state index contributed by atoms with van der Waals surface area (Å²) in [6.07, 6.45) is 6.46. The van der Waals surface area contributed by atoms with Crippen LogP contribution in [0.1, 0.15) is 19.3 Å². The standard InChI is InChI=1S/C11H18N4O/c12-10-6-13-11(14-7-10)15-4-1-2-9(8-15)3-5-16/h6-7,9,16H,1-5,8,12H2. The van der Waals surface area contributed by atoms with E-state index in [4.69, 9.17) is 10.8 Å². The fourth-order valence-corrected chi connectivity index (χ4v) is 2.16. The molecule has 0 aliphatic carbocycles. The first kappa shape index (κ1) is 11.1. The van der Waals surface area contributed by atoms with Gasteiger partial charge in [-0.05, 0) is 25.2 Å². The van der Waals surface area contributed by atoms with E-state index in [2.05, 4.69) is 14.9 Å². The lowest BCUT2D eigenvalue weighted by Gasteiger charge is -2.32. The van der Waals surface area contributed by atoms with Crippen molar-refractivity contribution in [2.24, 2.45) is 5.92 Å². The van der Waals surface area contributed by atoms with E-state index in [1.807, 2.05) is 0 Å². The quantitative estimate of drug-likeness (QED) is 0.785. The largest absolute Gasteiger partial charge is 0.396 e. The molecule has 0 aromatic carbocycles. The van der Waals surface area contributed by atoms with Crippen LogP contribution >= 0.6 is 0 Å². The molecule has 1 fully saturated rings. The molecule has 1 atom stereocenters. The summed E-state index contributed by atoms with van der Waals surface area (Å²) in [6.45, 7) is 2.19. The van der Waals surface area contributed by atoms with Crippen molar-refractivity contribution in [3.63, 3.8) is 0 Å². The van der Waals surface area contributed by atoms with Gasteiger partial charge in [0.2, 0.25) is 5.95 Å². The molecule has 2 rings (SSSR count). The molecule has 0 bridgehead atoms. The summed E-state index contributed by atoms with van der Waals surface area (Å²) in [5.41, 5.74) is 6.15. The van der Waals surface area contributed by atoms with Gasteiger partial charge in [0, 0.05) is 19.7 Å². The normalized spacial score (nSPS) is 21.1. The van der Waals surface area contributed by atoms with Gasteiger partial charge < -0.3 is 15.7 Å². The molecule has 88 valence electrons. The van der Waals surface area contributed by atoms with Crippen LogP contribution in [0.4, 0.5) is 11.6 Å². The Morgan fingerprint density at radius 2 is 2.19 bits per heavy atom. The number of anilines is 2. The van der Waals surface area contributed by atoms with Crippen molar-refractivity contribution < 1.29 is 5.11 Å². The van der Waals surface area contributed by atoms with Gasteiger partial charge in [-0.15, -0.1) is 0 Å². The number of aliphatic hydroxyl groups is 1. The summed E-state index contributed by atoms with van der Waals surface area (Å²) in [7, 11) is 0. The molecule has 0 amide bonds. The van der Waals surface area contributed by atoms with Crippen molar-refractivity contribution in [3.05, 3.63) is 12.4 Å². The van der Waals surface area contributed by atoms with Crippen LogP contribution in [0, 0.1) is 5.92 Å². The van der Waals surface area contributed by atoms with Gasteiger partial charge in [-0.1, -0.05) is 0 Å². The van der Waals surface area contributed by atoms with E-state index in [-0.39, 0.29) is 6.61 Å². The van der Waals surface area contributed by atoms with Crippen molar-refractivity contribution in [2.75, 3.05) is 30.3 Å². The summed E-state index contributed by atoms with van der Waals surface area (Å²) in [6, 6.07) is 0. The lowest BCUT2D eigenvalue weighted by Crippen LogP contribution is -2.36. The predicted molar refractivity (Wildman–Crippen MR) is 63.1 cm³/mol. The van der Waals surface area contributed by atoms with Crippen LogP contribution in [0.3, 0.4) is 0 Å². The highest BCUT2D eigenvalue weighted by Gasteiger charge is 2.20. The molecule has 16 heavy (non-hydrogen) atoms. The van der Waals surface area contributed by atoms with Crippen LogP contribution in [-0.4, -0.2) is 34.8 Å². The van der Waals surface area contributed by atoms with Gasteiger partial charge in [0.05, 0.1) is 18.1 Å². The van der Waals surface area contributed by atoms with E-state index < -0.39 is 0 Å². The number of aliphatic hydroxyl groups excluding tert-OH is 1. The maximum absolute atomic E-state index is 8.95. The Morgan fingerprint density at radius 1 is 1.44 bits per heavy atom. The number of aromatic nitrogens is 2. The molecular weight excluding hydrogens is 204 g/mol. The minimum atomic E-state index is 0.265. The predicted octanol–water partition coefficient (Wildman–Crippen LogP) is 0.658.